The van der Waals surface area contributed by atoms with Gasteiger partial charge in [0, 0.05) is 26.1 Å². The van der Waals surface area contributed by atoms with Crippen molar-refractivity contribution in [2.45, 2.75) is 12.5 Å². The van der Waals surface area contributed by atoms with Crippen molar-refractivity contribution in [3.8, 4) is 5.75 Å². The van der Waals surface area contributed by atoms with Gasteiger partial charge in [-0.25, -0.2) is 0 Å². The minimum Gasteiger partial charge on any atom is -0.488 e. The van der Waals surface area contributed by atoms with Crippen LogP contribution in [0.3, 0.4) is 0 Å². The van der Waals surface area contributed by atoms with Crippen LogP contribution >= 0.6 is 0 Å². The average molecular weight is 219 g/mol. The number of nitrogens with zero attached hydrogens (tertiary/aromatic N) is 1. The van der Waals surface area contributed by atoms with E-state index in [1.54, 1.807) is 0 Å². The van der Waals surface area contributed by atoms with Crippen molar-refractivity contribution < 1.29 is 9.47 Å². The molecule has 0 spiro atoms. The van der Waals surface area contributed by atoms with E-state index in [1.165, 1.54) is 5.56 Å². The lowest BCUT2D eigenvalue weighted by molar-refractivity contribution is 0.0223. The summed E-state index contributed by atoms with van der Waals surface area (Å²) in [5.74, 6) is 1.07. The van der Waals surface area contributed by atoms with Crippen molar-refractivity contribution in [3.63, 3.8) is 0 Å². The number of morpholine rings is 1. The molecule has 2 heterocycles. The highest BCUT2D eigenvalue weighted by Gasteiger charge is 2.25. The van der Waals surface area contributed by atoms with Crippen molar-refractivity contribution in [2.75, 3.05) is 32.8 Å². The number of hydrogen-bond donors (Lipinski definition) is 0. The molecule has 3 heteroatoms. The van der Waals surface area contributed by atoms with Gasteiger partial charge in [0.05, 0.1) is 13.2 Å². The Morgan fingerprint density at radius 3 is 2.81 bits per heavy atom. The molecule has 1 fully saturated rings. The maximum Gasteiger partial charge on any atom is 0.123 e. The summed E-state index contributed by atoms with van der Waals surface area (Å²) in [6.07, 6.45) is 1.38. The van der Waals surface area contributed by atoms with Gasteiger partial charge in [0.25, 0.3) is 0 Å². The molecule has 3 rings (SSSR count). The predicted molar refractivity (Wildman–Crippen MR) is 61.8 cm³/mol. The normalized spacial score (nSPS) is 25.1. The third kappa shape index (κ3) is 2.06. The van der Waals surface area contributed by atoms with Crippen LogP contribution in [-0.4, -0.2) is 43.9 Å². The Kier molecular flexibility index (Phi) is 2.80. The number of benzene rings is 1. The molecule has 1 saturated heterocycles. The first-order chi connectivity index (χ1) is 7.92. The second-order valence-corrected chi connectivity index (χ2v) is 4.46. The molecule has 0 radical (unpaired) electrons. The van der Waals surface area contributed by atoms with E-state index in [0.29, 0.717) is 6.10 Å². The standard InChI is InChI=1S/C13H17NO2/c1-2-4-13-11(3-1)9-12(16-13)10-14-5-7-15-8-6-14/h1-4,12H,5-10H2/t12-/m0/s1. The summed E-state index contributed by atoms with van der Waals surface area (Å²) in [4.78, 5) is 2.43. The molecule has 16 heavy (non-hydrogen) atoms. The highest BCUT2D eigenvalue weighted by molar-refractivity contribution is 5.37. The Morgan fingerprint density at radius 1 is 1.19 bits per heavy atom. The van der Waals surface area contributed by atoms with Crippen molar-refractivity contribution in [1.82, 2.24) is 4.90 Å². The Hall–Kier alpha value is -1.06. The van der Waals surface area contributed by atoms with Crippen LogP contribution in [0.2, 0.25) is 0 Å². The molecule has 0 bridgehead atoms. The average Bonchev–Trinajstić information content (AvgIpc) is 2.72. The molecule has 2 aliphatic rings. The van der Waals surface area contributed by atoms with Crippen LogP contribution in [0.15, 0.2) is 24.3 Å². The fraction of sp³-hybridized carbons (Fsp3) is 0.538. The molecule has 1 aromatic carbocycles. The molecule has 0 unspecified atom stereocenters. The van der Waals surface area contributed by atoms with Gasteiger partial charge >= 0.3 is 0 Å². The molecule has 0 aromatic heterocycles. The Morgan fingerprint density at radius 2 is 2.00 bits per heavy atom. The summed E-state index contributed by atoms with van der Waals surface area (Å²) in [5, 5.41) is 0. The van der Waals surface area contributed by atoms with Crippen LogP contribution in [-0.2, 0) is 11.2 Å². The van der Waals surface area contributed by atoms with Gasteiger partial charge in [0.2, 0.25) is 0 Å². The second kappa shape index (κ2) is 4.44. The molecule has 0 amide bonds. The summed E-state index contributed by atoms with van der Waals surface area (Å²) < 4.78 is 11.3. The van der Waals surface area contributed by atoms with Gasteiger partial charge in [-0.1, -0.05) is 18.2 Å². The second-order valence-electron chi connectivity index (χ2n) is 4.46. The van der Waals surface area contributed by atoms with E-state index >= 15 is 0 Å². The van der Waals surface area contributed by atoms with Crippen molar-refractivity contribution >= 4 is 0 Å². The first-order valence-electron chi connectivity index (χ1n) is 5.96. The SMILES string of the molecule is c1ccc2c(c1)C[C@@H](CN1CCOCC1)O2. The monoisotopic (exact) mass is 219 g/mol. The molecule has 0 aliphatic carbocycles. The number of fused-ring (bicyclic) bond motifs is 1. The molecule has 2 aliphatic heterocycles. The van der Waals surface area contributed by atoms with Gasteiger partial charge in [-0.05, 0) is 11.6 Å². The quantitative estimate of drug-likeness (QED) is 0.749. The maximum atomic E-state index is 5.93. The van der Waals surface area contributed by atoms with Crippen molar-refractivity contribution in [1.29, 1.82) is 0 Å². The largest absolute Gasteiger partial charge is 0.488 e. The van der Waals surface area contributed by atoms with Crippen LogP contribution in [0, 0.1) is 0 Å². The van der Waals surface area contributed by atoms with Crippen molar-refractivity contribution in [2.24, 2.45) is 0 Å². The molecule has 1 atom stereocenters. The van der Waals surface area contributed by atoms with Crippen LogP contribution in [0.1, 0.15) is 5.56 Å². The number of hydrogen-bond acceptors (Lipinski definition) is 3. The molecular formula is C13H17NO2. The summed E-state index contributed by atoms with van der Waals surface area (Å²) >= 11 is 0. The van der Waals surface area contributed by atoms with Gasteiger partial charge in [0.15, 0.2) is 0 Å². The number of ether oxygens (including phenoxy) is 2. The fourth-order valence-electron chi connectivity index (χ4n) is 2.43. The highest BCUT2D eigenvalue weighted by Crippen LogP contribution is 2.28. The maximum absolute atomic E-state index is 5.93. The molecule has 1 aromatic rings. The van der Waals surface area contributed by atoms with Gasteiger partial charge in [-0.2, -0.15) is 0 Å². The van der Waals surface area contributed by atoms with E-state index in [1.807, 2.05) is 6.07 Å². The zero-order valence-corrected chi connectivity index (χ0v) is 9.39. The summed E-state index contributed by atoms with van der Waals surface area (Å²) in [6, 6.07) is 8.35. The van der Waals surface area contributed by atoms with E-state index < -0.39 is 0 Å². The van der Waals surface area contributed by atoms with Crippen LogP contribution in [0.5, 0.6) is 5.75 Å². The number of para-hydroxylation sites is 1. The zero-order chi connectivity index (χ0) is 10.8. The lowest BCUT2D eigenvalue weighted by atomic mass is 10.1. The van der Waals surface area contributed by atoms with Gasteiger partial charge in [-0.15, -0.1) is 0 Å². The minimum absolute atomic E-state index is 0.329. The summed E-state index contributed by atoms with van der Waals surface area (Å²) in [7, 11) is 0. The lowest BCUT2D eigenvalue weighted by Gasteiger charge is -2.28. The minimum atomic E-state index is 0.329. The smallest absolute Gasteiger partial charge is 0.123 e. The summed E-state index contributed by atoms with van der Waals surface area (Å²) in [6.45, 7) is 4.82. The van der Waals surface area contributed by atoms with E-state index in [2.05, 4.69) is 23.1 Å². The Labute approximate surface area is 96.0 Å². The lowest BCUT2D eigenvalue weighted by Crippen LogP contribution is -2.42. The van der Waals surface area contributed by atoms with E-state index in [4.69, 9.17) is 9.47 Å². The Bertz CT molecular complexity index is 336. The molecule has 0 N–H and O–H groups in total. The molecule has 0 saturated carbocycles. The van der Waals surface area contributed by atoms with Gasteiger partial charge in [-0.3, -0.25) is 4.90 Å². The van der Waals surface area contributed by atoms with Gasteiger partial charge in [0.1, 0.15) is 11.9 Å². The topological polar surface area (TPSA) is 21.7 Å². The molecule has 86 valence electrons. The van der Waals surface area contributed by atoms with Crippen LogP contribution in [0.25, 0.3) is 0 Å². The first-order valence-corrected chi connectivity index (χ1v) is 5.96. The van der Waals surface area contributed by atoms with Crippen LogP contribution in [0.4, 0.5) is 0 Å². The fourth-order valence-corrected chi connectivity index (χ4v) is 2.43. The third-order valence-electron chi connectivity index (χ3n) is 3.28. The number of rotatable bonds is 2. The van der Waals surface area contributed by atoms with E-state index in [9.17, 15) is 0 Å². The van der Waals surface area contributed by atoms with Crippen LogP contribution < -0.4 is 4.74 Å². The van der Waals surface area contributed by atoms with E-state index in [-0.39, 0.29) is 0 Å². The Balaban J connectivity index is 1.59. The van der Waals surface area contributed by atoms with Gasteiger partial charge < -0.3 is 9.47 Å². The molecule has 3 nitrogen and oxygen atoms in total. The molecular weight excluding hydrogens is 202 g/mol. The highest BCUT2D eigenvalue weighted by atomic mass is 16.5. The van der Waals surface area contributed by atoms with E-state index in [0.717, 1.165) is 45.0 Å². The van der Waals surface area contributed by atoms with Crippen molar-refractivity contribution in [3.05, 3.63) is 29.8 Å². The zero-order valence-electron chi connectivity index (χ0n) is 9.39. The predicted octanol–water partition coefficient (Wildman–Crippen LogP) is 1.32. The third-order valence-corrected chi connectivity index (χ3v) is 3.28. The first kappa shape index (κ1) is 10.1. The summed E-state index contributed by atoms with van der Waals surface area (Å²) in [5.41, 5.74) is 1.35.